The number of hydrogen-bond acceptors (Lipinski definition) is 5. The van der Waals surface area contributed by atoms with Gasteiger partial charge in [0.25, 0.3) is 5.91 Å². The Hall–Kier alpha value is -2.47. The average molecular weight is 313 g/mol. The van der Waals surface area contributed by atoms with E-state index in [9.17, 15) is 4.79 Å². The number of thiazole rings is 1. The van der Waals surface area contributed by atoms with Gasteiger partial charge in [0.2, 0.25) is 0 Å². The van der Waals surface area contributed by atoms with E-state index in [0.29, 0.717) is 10.9 Å². The topological polar surface area (TPSA) is 64.1 Å². The molecule has 1 N–H and O–H groups in total. The molecule has 0 atom stereocenters. The second kappa shape index (κ2) is 6.11. The van der Waals surface area contributed by atoms with Gasteiger partial charge in [-0.15, -0.1) is 11.3 Å². The summed E-state index contributed by atoms with van der Waals surface area (Å²) in [5.41, 5.74) is 2.84. The number of ether oxygens (including phenoxy) is 1. The van der Waals surface area contributed by atoms with Gasteiger partial charge in [0.1, 0.15) is 5.75 Å². The van der Waals surface area contributed by atoms with E-state index in [-0.39, 0.29) is 12.5 Å². The van der Waals surface area contributed by atoms with Crippen molar-refractivity contribution in [2.75, 3.05) is 11.9 Å². The molecular weight excluding hydrogens is 298 g/mol. The van der Waals surface area contributed by atoms with Gasteiger partial charge in [0, 0.05) is 28.7 Å². The third-order valence-corrected chi connectivity index (χ3v) is 3.86. The number of fused-ring (bicyclic) bond motifs is 1. The molecule has 0 radical (unpaired) electrons. The van der Waals surface area contributed by atoms with E-state index in [0.717, 1.165) is 22.2 Å². The Morgan fingerprint density at radius 2 is 2.23 bits per heavy atom. The molecule has 1 amide bonds. The molecule has 22 heavy (non-hydrogen) atoms. The number of pyridine rings is 1. The predicted molar refractivity (Wildman–Crippen MR) is 87.5 cm³/mol. The van der Waals surface area contributed by atoms with Gasteiger partial charge < -0.3 is 4.74 Å². The summed E-state index contributed by atoms with van der Waals surface area (Å²) in [6.45, 7) is 3.86. The van der Waals surface area contributed by atoms with Crippen LogP contribution in [0.5, 0.6) is 5.75 Å². The maximum Gasteiger partial charge on any atom is 0.264 e. The highest BCUT2D eigenvalue weighted by Gasteiger charge is 2.10. The summed E-state index contributed by atoms with van der Waals surface area (Å²) < 4.78 is 5.69. The van der Waals surface area contributed by atoms with Gasteiger partial charge in [-0.1, -0.05) is 12.1 Å². The van der Waals surface area contributed by atoms with Gasteiger partial charge in [0.05, 0.1) is 5.52 Å². The van der Waals surface area contributed by atoms with Crippen molar-refractivity contribution in [3.8, 4) is 5.75 Å². The van der Waals surface area contributed by atoms with Crippen LogP contribution in [0.3, 0.4) is 0 Å². The van der Waals surface area contributed by atoms with Gasteiger partial charge in [-0.05, 0) is 25.5 Å². The van der Waals surface area contributed by atoms with Crippen molar-refractivity contribution in [2.24, 2.45) is 0 Å². The van der Waals surface area contributed by atoms with Crippen LogP contribution < -0.4 is 10.1 Å². The molecule has 0 saturated heterocycles. The van der Waals surface area contributed by atoms with Gasteiger partial charge in [0.15, 0.2) is 11.7 Å². The Labute approximate surface area is 132 Å². The lowest BCUT2D eigenvalue weighted by Crippen LogP contribution is -2.20. The standard InChI is InChI=1S/C16H15N3O2S/c1-10-4-3-5-12-13(8-11(2)18-15(10)12)21-9-14(20)19-16-17-6-7-22-16/h3-8H,9H2,1-2H3,(H,17,19,20). The highest BCUT2D eigenvalue weighted by Crippen LogP contribution is 2.27. The van der Waals surface area contributed by atoms with Crippen molar-refractivity contribution < 1.29 is 9.53 Å². The van der Waals surface area contributed by atoms with Crippen LogP contribution in [0.25, 0.3) is 10.9 Å². The summed E-state index contributed by atoms with van der Waals surface area (Å²) in [7, 11) is 0. The fourth-order valence-electron chi connectivity index (χ4n) is 2.19. The van der Waals surface area contributed by atoms with Crippen molar-refractivity contribution in [3.63, 3.8) is 0 Å². The number of carbonyl (C=O) groups is 1. The van der Waals surface area contributed by atoms with Gasteiger partial charge in [-0.2, -0.15) is 0 Å². The van der Waals surface area contributed by atoms with Crippen LogP contribution in [-0.4, -0.2) is 22.5 Å². The van der Waals surface area contributed by atoms with Crippen molar-refractivity contribution in [1.82, 2.24) is 9.97 Å². The molecule has 2 heterocycles. The Morgan fingerprint density at radius 1 is 1.36 bits per heavy atom. The van der Waals surface area contributed by atoms with Crippen LogP contribution in [0.1, 0.15) is 11.3 Å². The van der Waals surface area contributed by atoms with E-state index >= 15 is 0 Å². The zero-order valence-electron chi connectivity index (χ0n) is 12.3. The fraction of sp³-hybridized carbons (Fsp3) is 0.188. The summed E-state index contributed by atoms with van der Waals surface area (Å²) in [6.07, 6.45) is 1.64. The molecule has 112 valence electrons. The summed E-state index contributed by atoms with van der Waals surface area (Å²) in [5.74, 6) is 0.436. The molecule has 0 fully saturated rings. The monoisotopic (exact) mass is 313 g/mol. The SMILES string of the molecule is Cc1cc(OCC(=O)Nc2nccs2)c2cccc(C)c2n1. The summed E-state index contributed by atoms with van der Waals surface area (Å²) in [5, 5.41) is 5.98. The van der Waals surface area contributed by atoms with E-state index in [1.165, 1.54) is 11.3 Å². The first-order valence-electron chi connectivity index (χ1n) is 6.82. The average Bonchev–Trinajstić information content (AvgIpc) is 2.99. The highest BCUT2D eigenvalue weighted by molar-refractivity contribution is 7.13. The molecule has 3 aromatic rings. The summed E-state index contributed by atoms with van der Waals surface area (Å²) >= 11 is 1.37. The number of para-hydroxylation sites is 1. The third-order valence-electron chi connectivity index (χ3n) is 3.17. The van der Waals surface area contributed by atoms with E-state index in [2.05, 4.69) is 15.3 Å². The van der Waals surface area contributed by atoms with Gasteiger partial charge in [-0.25, -0.2) is 4.98 Å². The van der Waals surface area contributed by atoms with E-state index in [1.807, 2.05) is 38.1 Å². The molecule has 2 aromatic heterocycles. The number of benzene rings is 1. The quantitative estimate of drug-likeness (QED) is 0.802. The van der Waals surface area contributed by atoms with Crippen LogP contribution in [0, 0.1) is 13.8 Å². The lowest BCUT2D eigenvalue weighted by Gasteiger charge is -2.11. The molecule has 0 aliphatic carbocycles. The molecule has 1 aromatic carbocycles. The first kappa shape index (κ1) is 14.5. The molecule has 3 rings (SSSR count). The maximum atomic E-state index is 11.9. The zero-order valence-corrected chi connectivity index (χ0v) is 13.1. The molecular formula is C16H15N3O2S. The lowest BCUT2D eigenvalue weighted by molar-refractivity contribution is -0.118. The van der Waals surface area contributed by atoms with Crippen LogP contribution in [0.4, 0.5) is 5.13 Å². The number of amides is 1. The van der Waals surface area contributed by atoms with E-state index in [4.69, 9.17) is 4.74 Å². The van der Waals surface area contributed by atoms with Crippen molar-refractivity contribution in [3.05, 3.63) is 47.1 Å². The van der Waals surface area contributed by atoms with E-state index in [1.54, 1.807) is 11.6 Å². The van der Waals surface area contributed by atoms with Crippen LogP contribution in [0.2, 0.25) is 0 Å². The minimum atomic E-state index is -0.231. The Bertz CT molecular complexity index is 816. The number of aromatic nitrogens is 2. The largest absolute Gasteiger partial charge is 0.483 e. The summed E-state index contributed by atoms with van der Waals surface area (Å²) in [6, 6.07) is 7.76. The molecule has 0 spiro atoms. The number of aryl methyl sites for hydroxylation is 2. The van der Waals surface area contributed by atoms with Crippen LogP contribution in [0.15, 0.2) is 35.8 Å². The Morgan fingerprint density at radius 3 is 3.00 bits per heavy atom. The van der Waals surface area contributed by atoms with Gasteiger partial charge in [-0.3, -0.25) is 15.1 Å². The van der Waals surface area contributed by atoms with Crippen LogP contribution in [-0.2, 0) is 4.79 Å². The lowest BCUT2D eigenvalue weighted by atomic mass is 10.1. The second-order valence-electron chi connectivity index (χ2n) is 4.91. The molecule has 0 aliphatic heterocycles. The van der Waals surface area contributed by atoms with Crippen molar-refractivity contribution in [2.45, 2.75) is 13.8 Å². The van der Waals surface area contributed by atoms with Gasteiger partial charge >= 0.3 is 0 Å². The van der Waals surface area contributed by atoms with Crippen molar-refractivity contribution in [1.29, 1.82) is 0 Å². The first-order valence-corrected chi connectivity index (χ1v) is 7.70. The normalized spacial score (nSPS) is 10.6. The first-order chi connectivity index (χ1) is 10.6. The third kappa shape index (κ3) is 3.07. The minimum absolute atomic E-state index is 0.0634. The molecule has 0 aliphatic rings. The Kier molecular flexibility index (Phi) is 4.02. The second-order valence-corrected chi connectivity index (χ2v) is 5.80. The molecule has 0 unspecified atom stereocenters. The Balaban J connectivity index is 1.79. The molecule has 5 nitrogen and oxygen atoms in total. The fourth-order valence-corrected chi connectivity index (χ4v) is 2.73. The number of carbonyl (C=O) groups excluding carboxylic acids is 1. The number of anilines is 1. The number of nitrogens with one attached hydrogen (secondary N) is 1. The number of hydrogen-bond donors (Lipinski definition) is 1. The van der Waals surface area contributed by atoms with Crippen molar-refractivity contribution >= 4 is 33.3 Å². The molecule has 6 heteroatoms. The van der Waals surface area contributed by atoms with E-state index < -0.39 is 0 Å². The predicted octanol–water partition coefficient (Wildman–Crippen LogP) is 3.33. The molecule has 0 bridgehead atoms. The molecule has 0 saturated carbocycles. The number of nitrogens with zero attached hydrogens (tertiary/aromatic N) is 2. The number of rotatable bonds is 4. The minimum Gasteiger partial charge on any atom is -0.483 e. The zero-order chi connectivity index (χ0) is 15.5. The maximum absolute atomic E-state index is 11.9. The highest BCUT2D eigenvalue weighted by atomic mass is 32.1. The smallest absolute Gasteiger partial charge is 0.264 e. The van der Waals surface area contributed by atoms with Crippen LogP contribution >= 0.6 is 11.3 Å². The summed E-state index contributed by atoms with van der Waals surface area (Å²) in [4.78, 5) is 20.4.